The van der Waals surface area contributed by atoms with E-state index in [1.54, 1.807) is 4.68 Å². The molecule has 0 atom stereocenters. The van der Waals surface area contributed by atoms with Crippen LogP contribution < -0.4 is 0 Å². The van der Waals surface area contributed by atoms with Crippen LogP contribution in [0.4, 0.5) is 0 Å². The van der Waals surface area contributed by atoms with Crippen LogP contribution in [0.25, 0.3) is 0 Å². The average Bonchev–Trinajstić information content (AvgIpc) is 2.69. The van der Waals surface area contributed by atoms with Crippen molar-refractivity contribution in [3.63, 3.8) is 0 Å². The number of nitrogens with one attached hydrogen (secondary N) is 1. The van der Waals surface area contributed by atoms with Gasteiger partial charge in [0.1, 0.15) is 0 Å². The smallest absolute Gasteiger partial charge is 0.216 e. The van der Waals surface area contributed by atoms with E-state index < -0.39 is 0 Å². The van der Waals surface area contributed by atoms with Crippen molar-refractivity contribution in [3.8, 4) is 0 Å². The lowest BCUT2D eigenvalue weighted by Crippen LogP contribution is -2.17. The maximum absolute atomic E-state index is 5.22. The van der Waals surface area contributed by atoms with Gasteiger partial charge in [-0.05, 0) is 30.3 Å². The van der Waals surface area contributed by atoms with E-state index in [1.807, 2.05) is 24.4 Å². The second-order valence-electron chi connectivity index (χ2n) is 5.52. The third kappa shape index (κ3) is 2.98. The van der Waals surface area contributed by atoms with Crippen LogP contribution in [0.15, 0.2) is 29.4 Å². The molecule has 1 aromatic carbocycles. The second-order valence-corrected chi connectivity index (χ2v) is 5.90. The molecule has 0 aliphatic rings. The van der Waals surface area contributed by atoms with Crippen LogP contribution in [0, 0.1) is 11.7 Å². The van der Waals surface area contributed by atoms with Crippen LogP contribution in [0.1, 0.15) is 37.7 Å². The van der Waals surface area contributed by atoms with E-state index in [9.17, 15) is 0 Å². The quantitative estimate of drug-likeness (QED) is 0.673. The molecule has 0 saturated carbocycles. The standard InChI is InChI=1S/C14H18N4S/c1-10-7-5-6-8-11(10)9-15-18-12(14(2,3)4)16-17-13(18)19/h5-9H,1-4H3,(H,17,19)/b15-9-. The van der Waals surface area contributed by atoms with Crippen LogP contribution in [-0.4, -0.2) is 21.1 Å². The molecule has 2 aromatic rings. The molecule has 2 rings (SSSR count). The molecule has 0 bridgehead atoms. The third-order valence-electron chi connectivity index (χ3n) is 2.82. The van der Waals surface area contributed by atoms with Gasteiger partial charge in [0.25, 0.3) is 0 Å². The van der Waals surface area contributed by atoms with Crippen LogP contribution in [0.5, 0.6) is 0 Å². The van der Waals surface area contributed by atoms with Gasteiger partial charge in [0, 0.05) is 5.41 Å². The number of nitrogens with zero attached hydrogens (tertiary/aromatic N) is 3. The Hall–Kier alpha value is -1.75. The first-order chi connectivity index (χ1) is 8.89. The zero-order valence-corrected chi connectivity index (χ0v) is 12.5. The Morgan fingerprint density at radius 3 is 2.63 bits per heavy atom. The number of H-pyrrole nitrogens is 1. The zero-order valence-electron chi connectivity index (χ0n) is 11.6. The highest BCUT2D eigenvalue weighted by Gasteiger charge is 2.21. The Morgan fingerprint density at radius 2 is 2.00 bits per heavy atom. The third-order valence-corrected chi connectivity index (χ3v) is 3.09. The molecule has 19 heavy (non-hydrogen) atoms. The first-order valence-corrected chi connectivity index (χ1v) is 6.58. The summed E-state index contributed by atoms with van der Waals surface area (Å²) in [4.78, 5) is 0. The average molecular weight is 274 g/mol. The van der Waals surface area contributed by atoms with Crippen molar-refractivity contribution in [2.45, 2.75) is 33.1 Å². The van der Waals surface area contributed by atoms with Gasteiger partial charge in [0.2, 0.25) is 4.77 Å². The van der Waals surface area contributed by atoms with Crippen molar-refractivity contribution in [3.05, 3.63) is 46.0 Å². The molecule has 100 valence electrons. The number of benzene rings is 1. The molecular weight excluding hydrogens is 256 g/mol. The fourth-order valence-corrected chi connectivity index (χ4v) is 1.92. The first-order valence-electron chi connectivity index (χ1n) is 6.17. The number of hydrogen-bond acceptors (Lipinski definition) is 3. The van der Waals surface area contributed by atoms with Crippen molar-refractivity contribution in [1.82, 2.24) is 14.9 Å². The topological polar surface area (TPSA) is 46.0 Å². The molecule has 0 amide bonds. The molecule has 1 aromatic heterocycles. The maximum atomic E-state index is 5.22. The summed E-state index contributed by atoms with van der Waals surface area (Å²) in [5, 5.41) is 11.5. The molecular formula is C14H18N4S. The van der Waals surface area contributed by atoms with E-state index >= 15 is 0 Å². The summed E-state index contributed by atoms with van der Waals surface area (Å²) < 4.78 is 2.19. The normalized spacial score (nSPS) is 12.2. The van der Waals surface area contributed by atoms with Crippen molar-refractivity contribution >= 4 is 18.4 Å². The monoisotopic (exact) mass is 274 g/mol. The van der Waals surface area contributed by atoms with Crippen molar-refractivity contribution in [1.29, 1.82) is 0 Å². The summed E-state index contributed by atoms with van der Waals surface area (Å²) in [5.74, 6) is 0.822. The summed E-state index contributed by atoms with van der Waals surface area (Å²) in [5.41, 5.74) is 2.14. The van der Waals surface area contributed by atoms with Gasteiger partial charge >= 0.3 is 0 Å². The molecule has 0 spiro atoms. The summed E-state index contributed by atoms with van der Waals surface area (Å²) in [6.07, 6.45) is 1.82. The Bertz CT molecular complexity index is 659. The van der Waals surface area contributed by atoms with Crippen molar-refractivity contribution < 1.29 is 0 Å². The number of aromatic nitrogens is 3. The molecule has 4 nitrogen and oxygen atoms in total. The van der Waals surface area contributed by atoms with Crippen LogP contribution >= 0.6 is 12.2 Å². The van der Waals surface area contributed by atoms with Crippen LogP contribution in [0.2, 0.25) is 0 Å². The Balaban J connectivity index is 2.42. The minimum Gasteiger partial charge on any atom is -0.250 e. The molecule has 0 unspecified atom stereocenters. The summed E-state index contributed by atoms with van der Waals surface area (Å²) >= 11 is 5.22. The SMILES string of the molecule is Cc1ccccc1/C=N\n1c(C(C)(C)C)n[nH]c1=S. The van der Waals surface area contributed by atoms with Gasteiger partial charge in [0.15, 0.2) is 5.82 Å². The van der Waals surface area contributed by atoms with E-state index in [2.05, 4.69) is 49.1 Å². The highest BCUT2D eigenvalue weighted by molar-refractivity contribution is 7.71. The number of hydrogen-bond donors (Lipinski definition) is 1. The van der Waals surface area contributed by atoms with Gasteiger partial charge in [-0.1, -0.05) is 45.0 Å². The molecule has 0 radical (unpaired) electrons. The highest BCUT2D eigenvalue weighted by atomic mass is 32.1. The van der Waals surface area contributed by atoms with Crippen molar-refractivity contribution in [2.75, 3.05) is 0 Å². The predicted molar refractivity (Wildman–Crippen MR) is 80.3 cm³/mol. The molecule has 0 saturated heterocycles. The van der Waals surface area contributed by atoms with E-state index in [0.29, 0.717) is 4.77 Å². The minimum atomic E-state index is -0.114. The maximum Gasteiger partial charge on any atom is 0.216 e. The molecule has 5 heteroatoms. The predicted octanol–water partition coefficient (Wildman–Crippen LogP) is 3.43. The van der Waals surface area contributed by atoms with E-state index in [0.717, 1.165) is 11.4 Å². The largest absolute Gasteiger partial charge is 0.250 e. The summed E-state index contributed by atoms with van der Waals surface area (Å²) in [7, 11) is 0. The van der Waals surface area contributed by atoms with E-state index in [1.165, 1.54) is 5.56 Å². The molecule has 0 aliphatic heterocycles. The second kappa shape index (κ2) is 5.09. The van der Waals surface area contributed by atoms with Gasteiger partial charge < -0.3 is 0 Å². The highest BCUT2D eigenvalue weighted by Crippen LogP contribution is 2.19. The molecule has 1 heterocycles. The first kappa shape index (κ1) is 13.7. The lowest BCUT2D eigenvalue weighted by molar-refractivity contribution is 0.516. The van der Waals surface area contributed by atoms with Crippen molar-refractivity contribution in [2.24, 2.45) is 5.10 Å². The fourth-order valence-electron chi connectivity index (χ4n) is 1.74. The summed E-state index contributed by atoms with van der Waals surface area (Å²) in [6, 6.07) is 8.09. The zero-order chi connectivity index (χ0) is 14.0. The molecule has 0 aliphatic carbocycles. The lowest BCUT2D eigenvalue weighted by Gasteiger charge is -2.15. The lowest BCUT2D eigenvalue weighted by atomic mass is 9.96. The Morgan fingerprint density at radius 1 is 1.32 bits per heavy atom. The number of aryl methyl sites for hydroxylation is 1. The Kier molecular flexibility index (Phi) is 3.66. The van der Waals surface area contributed by atoms with E-state index in [-0.39, 0.29) is 5.41 Å². The number of rotatable bonds is 2. The minimum absolute atomic E-state index is 0.114. The van der Waals surface area contributed by atoms with Gasteiger partial charge in [-0.3, -0.25) is 5.10 Å². The summed E-state index contributed by atoms with van der Waals surface area (Å²) in [6.45, 7) is 8.30. The Labute approximate surface area is 118 Å². The number of aromatic amines is 1. The van der Waals surface area contributed by atoms with Gasteiger partial charge in [0.05, 0.1) is 6.21 Å². The van der Waals surface area contributed by atoms with Crippen LogP contribution in [-0.2, 0) is 5.41 Å². The van der Waals surface area contributed by atoms with E-state index in [4.69, 9.17) is 12.2 Å². The fraction of sp³-hybridized carbons (Fsp3) is 0.357. The van der Waals surface area contributed by atoms with Crippen LogP contribution in [0.3, 0.4) is 0 Å². The van der Waals surface area contributed by atoms with Gasteiger partial charge in [-0.15, -0.1) is 0 Å². The molecule has 1 N–H and O–H groups in total. The molecule has 0 fully saturated rings. The van der Waals surface area contributed by atoms with Gasteiger partial charge in [-0.2, -0.15) is 14.9 Å². The van der Waals surface area contributed by atoms with Gasteiger partial charge in [-0.25, -0.2) is 0 Å².